The van der Waals surface area contributed by atoms with Crippen LogP contribution in [-0.2, 0) is 0 Å². The topological polar surface area (TPSA) is 65.5 Å². The van der Waals surface area contributed by atoms with Gasteiger partial charge in [-0.3, -0.25) is 19.8 Å². The van der Waals surface area contributed by atoms with Crippen molar-refractivity contribution in [2.24, 2.45) is 0 Å². The Balaban J connectivity index is 1.65. The minimum Gasteiger partial charge on any atom is -0.378 e. The Morgan fingerprint density at radius 2 is 1.56 bits per heavy atom. The third-order valence-corrected chi connectivity index (χ3v) is 7.08. The molecule has 1 aromatic heterocycles. The van der Waals surface area contributed by atoms with Crippen LogP contribution in [0.2, 0.25) is 0 Å². The van der Waals surface area contributed by atoms with Crippen molar-refractivity contribution in [3.8, 4) is 0 Å². The SMILES string of the molecule is CN(C)c1ccc(N(c2nc3ccccc3s2)c2ccc3cccc4c3c2C(=O)NC4=O)cc1. The molecule has 0 saturated heterocycles. The number of hydrogen-bond donors (Lipinski definition) is 1. The Labute approximate surface area is 200 Å². The van der Waals surface area contributed by atoms with Crippen molar-refractivity contribution in [1.82, 2.24) is 10.3 Å². The summed E-state index contributed by atoms with van der Waals surface area (Å²) in [5.74, 6) is -0.776. The number of aromatic nitrogens is 1. The highest BCUT2D eigenvalue weighted by molar-refractivity contribution is 7.22. The van der Waals surface area contributed by atoms with Crippen LogP contribution in [-0.4, -0.2) is 30.9 Å². The van der Waals surface area contributed by atoms with Crippen LogP contribution >= 0.6 is 11.3 Å². The zero-order valence-corrected chi connectivity index (χ0v) is 19.4. The molecule has 0 saturated carbocycles. The van der Waals surface area contributed by atoms with Crippen LogP contribution in [0.4, 0.5) is 22.2 Å². The molecule has 6 nitrogen and oxygen atoms in total. The molecule has 0 atom stereocenters. The van der Waals surface area contributed by atoms with Gasteiger partial charge in [-0.05, 0) is 53.9 Å². The molecule has 0 aliphatic carbocycles. The van der Waals surface area contributed by atoms with E-state index in [9.17, 15) is 9.59 Å². The van der Waals surface area contributed by atoms with Crippen LogP contribution < -0.4 is 15.1 Å². The van der Waals surface area contributed by atoms with E-state index in [-0.39, 0.29) is 5.91 Å². The van der Waals surface area contributed by atoms with Crippen LogP contribution in [0.1, 0.15) is 20.7 Å². The summed E-state index contributed by atoms with van der Waals surface area (Å²) in [5.41, 5.74) is 4.50. The number of fused-ring (bicyclic) bond motifs is 1. The summed E-state index contributed by atoms with van der Waals surface area (Å²) in [7, 11) is 3.99. The number of imide groups is 1. The highest BCUT2D eigenvalue weighted by Crippen LogP contribution is 2.43. The number of nitrogens with zero attached hydrogens (tertiary/aromatic N) is 3. The van der Waals surface area contributed by atoms with Crippen molar-refractivity contribution < 1.29 is 9.59 Å². The summed E-state index contributed by atoms with van der Waals surface area (Å²) >= 11 is 1.56. The number of rotatable bonds is 4. The molecule has 5 aromatic rings. The second kappa shape index (κ2) is 7.67. The Hall–Kier alpha value is -4.23. The Morgan fingerprint density at radius 3 is 2.32 bits per heavy atom. The number of carbonyl (C=O) groups is 2. The number of benzene rings is 4. The van der Waals surface area contributed by atoms with E-state index in [1.165, 1.54) is 0 Å². The van der Waals surface area contributed by atoms with E-state index >= 15 is 0 Å². The molecule has 34 heavy (non-hydrogen) atoms. The zero-order valence-electron chi connectivity index (χ0n) is 18.6. The number of hydrogen-bond acceptors (Lipinski definition) is 6. The van der Waals surface area contributed by atoms with Gasteiger partial charge in [0, 0.05) is 36.4 Å². The molecule has 1 aliphatic rings. The van der Waals surface area contributed by atoms with Gasteiger partial charge in [0.15, 0.2) is 5.13 Å². The first-order valence-corrected chi connectivity index (χ1v) is 11.7. The normalized spacial score (nSPS) is 12.8. The molecule has 0 unspecified atom stereocenters. The predicted molar refractivity (Wildman–Crippen MR) is 138 cm³/mol. The van der Waals surface area contributed by atoms with Gasteiger partial charge >= 0.3 is 0 Å². The molecule has 4 aromatic carbocycles. The van der Waals surface area contributed by atoms with E-state index in [0.717, 1.165) is 32.1 Å². The van der Waals surface area contributed by atoms with E-state index in [0.29, 0.717) is 22.2 Å². The molecular weight excluding hydrogens is 444 g/mol. The fourth-order valence-corrected chi connectivity index (χ4v) is 5.42. The number of anilines is 4. The second-order valence-corrected chi connectivity index (χ2v) is 9.37. The lowest BCUT2D eigenvalue weighted by atomic mass is 9.93. The van der Waals surface area contributed by atoms with E-state index in [1.54, 1.807) is 17.4 Å². The smallest absolute Gasteiger partial charge is 0.260 e. The zero-order chi connectivity index (χ0) is 23.4. The quantitative estimate of drug-likeness (QED) is 0.337. The molecular formula is C27H20N4O2S. The van der Waals surface area contributed by atoms with Crippen molar-refractivity contribution in [3.63, 3.8) is 0 Å². The second-order valence-electron chi connectivity index (χ2n) is 8.36. The highest BCUT2D eigenvalue weighted by atomic mass is 32.1. The maximum atomic E-state index is 13.2. The first kappa shape index (κ1) is 20.4. The van der Waals surface area contributed by atoms with E-state index < -0.39 is 5.91 Å². The molecule has 1 aliphatic heterocycles. The van der Waals surface area contributed by atoms with Crippen molar-refractivity contribution in [3.05, 3.63) is 90.0 Å². The summed E-state index contributed by atoms with van der Waals surface area (Å²) < 4.78 is 1.06. The average Bonchev–Trinajstić information content (AvgIpc) is 3.27. The number of carbonyl (C=O) groups excluding carboxylic acids is 2. The van der Waals surface area contributed by atoms with Gasteiger partial charge in [0.05, 0.1) is 21.5 Å². The van der Waals surface area contributed by atoms with Crippen LogP contribution in [0, 0.1) is 0 Å². The van der Waals surface area contributed by atoms with Gasteiger partial charge in [-0.25, -0.2) is 4.98 Å². The van der Waals surface area contributed by atoms with Crippen molar-refractivity contribution in [1.29, 1.82) is 0 Å². The Bertz CT molecular complexity index is 1570. The van der Waals surface area contributed by atoms with Crippen LogP contribution in [0.15, 0.2) is 78.9 Å². The van der Waals surface area contributed by atoms with Crippen LogP contribution in [0.25, 0.3) is 21.0 Å². The molecule has 166 valence electrons. The number of nitrogens with one attached hydrogen (secondary N) is 1. The van der Waals surface area contributed by atoms with Gasteiger partial charge in [0.1, 0.15) is 0 Å². The van der Waals surface area contributed by atoms with E-state index in [4.69, 9.17) is 4.98 Å². The largest absolute Gasteiger partial charge is 0.378 e. The lowest BCUT2D eigenvalue weighted by Crippen LogP contribution is -2.35. The molecule has 0 radical (unpaired) electrons. The summed E-state index contributed by atoms with van der Waals surface area (Å²) in [6.45, 7) is 0. The average molecular weight is 465 g/mol. The van der Waals surface area contributed by atoms with Crippen molar-refractivity contribution in [2.45, 2.75) is 0 Å². The molecule has 7 heteroatoms. The minimum absolute atomic E-state index is 0.373. The Morgan fingerprint density at radius 1 is 0.794 bits per heavy atom. The maximum Gasteiger partial charge on any atom is 0.260 e. The molecule has 6 rings (SSSR count). The van der Waals surface area contributed by atoms with Crippen molar-refractivity contribution in [2.75, 3.05) is 23.9 Å². The fraction of sp³-hybridized carbons (Fsp3) is 0.0741. The van der Waals surface area contributed by atoms with Gasteiger partial charge < -0.3 is 4.90 Å². The van der Waals surface area contributed by atoms with Gasteiger partial charge in [-0.15, -0.1) is 0 Å². The summed E-state index contributed by atoms with van der Waals surface area (Å²) in [5, 5.41) is 4.79. The predicted octanol–water partition coefficient (Wildman–Crippen LogP) is 5.87. The lowest BCUT2D eigenvalue weighted by Gasteiger charge is -2.28. The summed E-state index contributed by atoms with van der Waals surface area (Å²) in [4.78, 5) is 34.7. The van der Waals surface area contributed by atoms with Gasteiger partial charge in [0.25, 0.3) is 11.8 Å². The molecule has 0 spiro atoms. The fourth-order valence-electron chi connectivity index (χ4n) is 4.41. The first-order chi connectivity index (χ1) is 16.5. The van der Waals surface area contributed by atoms with E-state index in [1.807, 2.05) is 96.7 Å². The molecule has 1 N–H and O–H groups in total. The van der Waals surface area contributed by atoms with Crippen LogP contribution in [0.5, 0.6) is 0 Å². The number of para-hydroxylation sites is 1. The lowest BCUT2D eigenvalue weighted by molar-refractivity contribution is 0.0845. The molecule has 0 fully saturated rings. The summed E-state index contributed by atoms with van der Waals surface area (Å²) in [6, 6.07) is 25.5. The molecule has 0 bridgehead atoms. The van der Waals surface area contributed by atoms with Crippen LogP contribution in [0.3, 0.4) is 0 Å². The van der Waals surface area contributed by atoms with Gasteiger partial charge in [0.2, 0.25) is 0 Å². The first-order valence-electron chi connectivity index (χ1n) is 10.9. The van der Waals surface area contributed by atoms with Gasteiger partial charge in [-0.2, -0.15) is 0 Å². The monoisotopic (exact) mass is 464 g/mol. The summed E-state index contributed by atoms with van der Waals surface area (Å²) in [6.07, 6.45) is 0. The number of thiazole rings is 1. The molecule has 2 heterocycles. The number of amides is 2. The Kier molecular flexibility index (Phi) is 4.60. The minimum atomic E-state index is -0.402. The highest BCUT2D eigenvalue weighted by Gasteiger charge is 2.31. The molecule has 2 amide bonds. The van der Waals surface area contributed by atoms with E-state index in [2.05, 4.69) is 5.32 Å². The third kappa shape index (κ3) is 3.13. The standard InChI is InChI=1S/C27H20N4O2S/c1-30(2)17-11-13-18(14-12-17)31(27-28-20-8-3-4-9-22(20)34-27)21-15-10-16-6-5-7-19-23(16)24(21)26(33)29-25(19)32/h3-15H,1-2H3,(H,29,32,33). The third-order valence-electron chi connectivity index (χ3n) is 6.06. The van der Waals surface area contributed by atoms with Gasteiger partial charge in [-0.1, -0.05) is 41.7 Å². The van der Waals surface area contributed by atoms with Crippen molar-refractivity contribution >= 4 is 66.3 Å². The maximum absolute atomic E-state index is 13.2.